The molecule has 0 spiro atoms. The molecule has 0 fully saturated rings. The van der Waals surface area contributed by atoms with Crippen molar-refractivity contribution in [3.63, 3.8) is 0 Å². The number of aromatic nitrogens is 3. The largest absolute Gasteiger partial charge is 0.497 e. The van der Waals surface area contributed by atoms with Crippen molar-refractivity contribution in [2.24, 2.45) is 0 Å². The number of hydrogen-bond acceptors (Lipinski definition) is 7. The zero-order valence-electron chi connectivity index (χ0n) is 14.9. The minimum Gasteiger partial charge on any atom is -0.497 e. The van der Waals surface area contributed by atoms with Gasteiger partial charge in [-0.15, -0.1) is 5.10 Å². The van der Waals surface area contributed by atoms with Gasteiger partial charge in [-0.2, -0.15) is 0 Å². The summed E-state index contributed by atoms with van der Waals surface area (Å²) >= 11 is 0. The quantitative estimate of drug-likeness (QED) is 0.639. The second kappa shape index (κ2) is 6.62. The number of carbonyl (C=O) groups is 3. The Morgan fingerprint density at radius 1 is 0.964 bits per heavy atom. The van der Waals surface area contributed by atoms with Gasteiger partial charge in [-0.3, -0.25) is 9.59 Å². The number of hydroxylamine groups is 2. The Hall–Kier alpha value is -4.01. The van der Waals surface area contributed by atoms with E-state index in [-0.39, 0.29) is 16.8 Å². The van der Waals surface area contributed by atoms with Crippen LogP contribution in [-0.4, -0.2) is 45.0 Å². The van der Waals surface area contributed by atoms with Crippen LogP contribution in [0.3, 0.4) is 0 Å². The molecule has 9 heteroatoms. The van der Waals surface area contributed by atoms with Gasteiger partial charge in [-0.1, -0.05) is 22.4 Å². The molecule has 28 heavy (non-hydrogen) atoms. The molecule has 1 aliphatic rings. The summed E-state index contributed by atoms with van der Waals surface area (Å²) in [6.07, 6.45) is 0. The highest BCUT2D eigenvalue weighted by atomic mass is 16.7. The van der Waals surface area contributed by atoms with E-state index in [2.05, 4.69) is 10.3 Å². The van der Waals surface area contributed by atoms with Crippen LogP contribution in [0.15, 0.2) is 48.5 Å². The number of fused-ring (bicyclic) bond motifs is 1. The summed E-state index contributed by atoms with van der Waals surface area (Å²) < 4.78 is 6.55. The Bertz CT molecular complexity index is 1070. The van der Waals surface area contributed by atoms with Gasteiger partial charge in [-0.25, -0.2) is 9.48 Å². The molecule has 2 amide bonds. The predicted molar refractivity (Wildman–Crippen MR) is 95.0 cm³/mol. The van der Waals surface area contributed by atoms with E-state index in [0.29, 0.717) is 22.2 Å². The van der Waals surface area contributed by atoms with Crippen LogP contribution in [0.2, 0.25) is 0 Å². The number of ether oxygens (including phenoxy) is 1. The van der Waals surface area contributed by atoms with Crippen molar-refractivity contribution in [2.75, 3.05) is 7.11 Å². The van der Waals surface area contributed by atoms with Gasteiger partial charge in [0.05, 0.1) is 29.6 Å². The Morgan fingerprint density at radius 3 is 2.14 bits per heavy atom. The minimum atomic E-state index is -0.952. The zero-order chi connectivity index (χ0) is 19.8. The first-order chi connectivity index (χ1) is 13.5. The Morgan fingerprint density at radius 2 is 1.57 bits per heavy atom. The number of imide groups is 1. The van der Waals surface area contributed by atoms with Crippen molar-refractivity contribution in [3.8, 4) is 11.4 Å². The highest BCUT2D eigenvalue weighted by Gasteiger charge is 2.39. The zero-order valence-corrected chi connectivity index (χ0v) is 14.9. The molecule has 0 unspecified atom stereocenters. The molecular formula is C19H14N4O5. The van der Waals surface area contributed by atoms with Crippen LogP contribution in [0.1, 0.15) is 36.9 Å². The lowest BCUT2D eigenvalue weighted by molar-refractivity contribution is -0.0589. The third-order valence-corrected chi connectivity index (χ3v) is 4.34. The van der Waals surface area contributed by atoms with Crippen LogP contribution in [0.25, 0.3) is 5.69 Å². The molecule has 0 radical (unpaired) electrons. The average Bonchev–Trinajstić information content (AvgIpc) is 3.22. The second-order valence-electron chi connectivity index (χ2n) is 5.96. The van der Waals surface area contributed by atoms with E-state index in [9.17, 15) is 14.4 Å². The SMILES string of the molecule is COc1ccc(-n2nnc(C(=O)ON3C(=O)c4ccccc4C3=O)c2C)cc1. The maximum atomic E-state index is 12.5. The van der Waals surface area contributed by atoms with E-state index in [4.69, 9.17) is 9.57 Å². The fourth-order valence-electron chi connectivity index (χ4n) is 2.86. The number of methoxy groups -OCH3 is 1. The highest BCUT2D eigenvalue weighted by molar-refractivity contribution is 6.21. The molecule has 4 rings (SSSR count). The number of benzene rings is 2. The number of hydrogen-bond donors (Lipinski definition) is 0. The van der Waals surface area contributed by atoms with E-state index in [1.807, 2.05) is 0 Å². The van der Waals surface area contributed by atoms with Crippen LogP contribution < -0.4 is 4.74 Å². The number of nitrogens with zero attached hydrogens (tertiary/aromatic N) is 4. The fraction of sp³-hybridized carbons (Fsp3) is 0.105. The van der Waals surface area contributed by atoms with Crippen molar-refractivity contribution < 1.29 is 24.0 Å². The molecule has 0 aliphatic carbocycles. The van der Waals surface area contributed by atoms with Gasteiger partial charge >= 0.3 is 5.97 Å². The topological polar surface area (TPSA) is 104 Å². The summed E-state index contributed by atoms with van der Waals surface area (Å²) in [5.74, 6) is -1.68. The summed E-state index contributed by atoms with van der Waals surface area (Å²) in [5.41, 5.74) is 1.31. The molecular weight excluding hydrogens is 364 g/mol. The maximum Gasteiger partial charge on any atom is 0.385 e. The normalized spacial score (nSPS) is 12.9. The molecule has 9 nitrogen and oxygen atoms in total. The van der Waals surface area contributed by atoms with Gasteiger partial charge in [-0.05, 0) is 43.3 Å². The van der Waals surface area contributed by atoms with Crippen molar-refractivity contribution in [1.82, 2.24) is 20.1 Å². The van der Waals surface area contributed by atoms with Gasteiger partial charge in [0.1, 0.15) is 5.75 Å². The molecule has 0 bridgehead atoms. The summed E-state index contributed by atoms with van der Waals surface area (Å²) in [6.45, 7) is 1.63. The van der Waals surface area contributed by atoms with Crippen LogP contribution >= 0.6 is 0 Å². The van der Waals surface area contributed by atoms with E-state index >= 15 is 0 Å². The van der Waals surface area contributed by atoms with E-state index in [1.54, 1.807) is 50.4 Å². The van der Waals surface area contributed by atoms with Gasteiger partial charge in [0.2, 0.25) is 0 Å². The lowest BCUT2D eigenvalue weighted by atomic mass is 10.1. The molecule has 0 saturated heterocycles. The summed E-state index contributed by atoms with van der Waals surface area (Å²) in [4.78, 5) is 42.2. The average molecular weight is 378 g/mol. The molecule has 3 aromatic rings. The number of carbonyl (C=O) groups excluding carboxylic acids is 3. The lowest BCUT2D eigenvalue weighted by Gasteiger charge is -2.11. The molecule has 0 saturated carbocycles. The standard InChI is InChI=1S/C19H14N4O5/c1-11-16(20-21-22(11)12-7-9-13(27-2)10-8-12)19(26)28-23-17(24)14-5-3-4-6-15(14)18(23)25/h3-10H,1-2H3. The first kappa shape index (κ1) is 17.4. The van der Waals surface area contributed by atoms with E-state index < -0.39 is 17.8 Å². The van der Waals surface area contributed by atoms with Crippen molar-refractivity contribution in [3.05, 3.63) is 71.0 Å². The molecule has 2 heterocycles. The number of rotatable bonds is 4. The Labute approximate surface area is 159 Å². The molecule has 140 valence electrons. The van der Waals surface area contributed by atoms with E-state index in [1.165, 1.54) is 16.8 Å². The van der Waals surface area contributed by atoms with Crippen LogP contribution in [0, 0.1) is 6.92 Å². The van der Waals surface area contributed by atoms with Crippen molar-refractivity contribution >= 4 is 17.8 Å². The van der Waals surface area contributed by atoms with Crippen molar-refractivity contribution in [1.29, 1.82) is 0 Å². The third-order valence-electron chi connectivity index (χ3n) is 4.34. The summed E-state index contributed by atoms with van der Waals surface area (Å²) in [7, 11) is 1.56. The lowest BCUT2D eigenvalue weighted by Crippen LogP contribution is -2.33. The fourth-order valence-corrected chi connectivity index (χ4v) is 2.86. The molecule has 1 aromatic heterocycles. The first-order valence-corrected chi connectivity index (χ1v) is 8.28. The number of amides is 2. The Kier molecular flexibility index (Phi) is 4.11. The van der Waals surface area contributed by atoms with Crippen LogP contribution in [0.4, 0.5) is 0 Å². The second-order valence-corrected chi connectivity index (χ2v) is 5.96. The highest BCUT2D eigenvalue weighted by Crippen LogP contribution is 2.24. The molecule has 2 aromatic carbocycles. The van der Waals surface area contributed by atoms with Crippen LogP contribution in [0.5, 0.6) is 5.75 Å². The van der Waals surface area contributed by atoms with Gasteiger partial charge in [0.25, 0.3) is 11.8 Å². The van der Waals surface area contributed by atoms with Gasteiger partial charge in [0, 0.05) is 0 Å². The van der Waals surface area contributed by atoms with Crippen molar-refractivity contribution in [2.45, 2.75) is 6.92 Å². The third kappa shape index (κ3) is 2.69. The first-order valence-electron chi connectivity index (χ1n) is 8.28. The monoisotopic (exact) mass is 378 g/mol. The van der Waals surface area contributed by atoms with E-state index in [0.717, 1.165) is 0 Å². The van der Waals surface area contributed by atoms with Gasteiger partial charge < -0.3 is 9.57 Å². The van der Waals surface area contributed by atoms with Gasteiger partial charge in [0.15, 0.2) is 5.69 Å². The summed E-state index contributed by atoms with van der Waals surface area (Å²) in [5, 5.41) is 8.23. The molecule has 1 aliphatic heterocycles. The molecule has 0 N–H and O–H groups in total. The Balaban J connectivity index is 1.57. The predicted octanol–water partition coefficient (Wildman–Crippen LogP) is 1.95. The summed E-state index contributed by atoms with van der Waals surface area (Å²) in [6, 6.07) is 13.2. The molecule has 0 atom stereocenters. The minimum absolute atomic E-state index is 0.104. The smallest absolute Gasteiger partial charge is 0.385 e. The maximum absolute atomic E-state index is 12.5. The van der Waals surface area contributed by atoms with Crippen LogP contribution in [-0.2, 0) is 4.84 Å².